The maximum Gasteiger partial charge on any atom is 0.315 e. The van der Waals surface area contributed by atoms with Gasteiger partial charge in [0.25, 0.3) is 0 Å². The minimum atomic E-state index is -1.02. The lowest BCUT2D eigenvalue weighted by Crippen LogP contribution is -2.28. The molecule has 1 aromatic carbocycles. The van der Waals surface area contributed by atoms with Gasteiger partial charge in [0.1, 0.15) is 5.41 Å². The molecule has 0 spiro atoms. The summed E-state index contributed by atoms with van der Waals surface area (Å²) in [5.74, 6) is -0.908. The molecule has 0 fully saturated rings. The third-order valence-electron chi connectivity index (χ3n) is 2.85. The van der Waals surface area contributed by atoms with Crippen molar-refractivity contribution in [2.24, 2.45) is 0 Å². The zero-order chi connectivity index (χ0) is 14.9. The Morgan fingerprint density at radius 2 is 2.20 bits per heavy atom. The number of nitrogens with zero attached hydrogens (tertiary/aromatic N) is 1. The molecule has 0 saturated heterocycles. The van der Waals surface area contributed by atoms with Crippen molar-refractivity contribution in [1.29, 1.82) is 0 Å². The smallest absolute Gasteiger partial charge is 0.315 e. The lowest BCUT2D eigenvalue weighted by atomic mass is 9.90. The number of carbonyl (C=O) groups is 1. The van der Waals surface area contributed by atoms with Crippen LogP contribution < -0.4 is 5.32 Å². The fraction of sp³-hybridized carbons (Fsp3) is 0.231. The summed E-state index contributed by atoms with van der Waals surface area (Å²) in [4.78, 5) is 15.5. The highest BCUT2D eigenvalue weighted by Crippen LogP contribution is 2.32. The van der Waals surface area contributed by atoms with Gasteiger partial charge in [-0.15, -0.1) is 11.3 Å². The molecule has 0 atom stereocenters. The Labute approximate surface area is 133 Å². The largest absolute Gasteiger partial charge is 0.481 e. The number of thiazole rings is 1. The van der Waals surface area contributed by atoms with Crippen LogP contribution in [0.3, 0.4) is 0 Å². The number of hydrogen-bond donors (Lipinski definition) is 2. The van der Waals surface area contributed by atoms with Crippen LogP contribution in [0.25, 0.3) is 0 Å². The molecule has 2 aromatic rings. The summed E-state index contributed by atoms with van der Waals surface area (Å²) in [6, 6.07) is 5.45. The molecule has 0 aliphatic rings. The summed E-state index contributed by atoms with van der Waals surface area (Å²) in [6.45, 7) is 3.25. The molecule has 7 heteroatoms. The van der Waals surface area contributed by atoms with Gasteiger partial charge >= 0.3 is 5.97 Å². The van der Waals surface area contributed by atoms with E-state index in [0.29, 0.717) is 15.8 Å². The first-order valence-electron chi connectivity index (χ1n) is 5.72. The quantitative estimate of drug-likeness (QED) is 0.815. The predicted octanol–water partition coefficient (Wildman–Crippen LogP) is 4.66. The van der Waals surface area contributed by atoms with E-state index < -0.39 is 11.4 Å². The Hall–Kier alpha value is -1.11. The van der Waals surface area contributed by atoms with Crippen molar-refractivity contribution in [3.05, 3.63) is 38.8 Å². The number of nitrogens with one attached hydrogen (secondary N) is 1. The average molecular weight is 376 g/mol. The van der Waals surface area contributed by atoms with Crippen molar-refractivity contribution in [3.63, 3.8) is 0 Å². The molecule has 0 unspecified atom stereocenters. The monoisotopic (exact) mass is 374 g/mol. The highest BCUT2D eigenvalue weighted by atomic mass is 79.9. The Bertz CT molecular complexity index is 658. The summed E-state index contributed by atoms with van der Waals surface area (Å²) < 4.78 is 0.895. The summed E-state index contributed by atoms with van der Waals surface area (Å²) in [6.07, 6.45) is 0. The van der Waals surface area contributed by atoms with Crippen LogP contribution in [0.1, 0.15) is 19.5 Å². The van der Waals surface area contributed by atoms with E-state index in [9.17, 15) is 9.90 Å². The van der Waals surface area contributed by atoms with Gasteiger partial charge in [0.15, 0.2) is 5.13 Å². The zero-order valence-corrected chi connectivity index (χ0v) is 13.9. The summed E-state index contributed by atoms with van der Waals surface area (Å²) in [5, 5.41) is 15.2. The van der Waals surface area contributed by atoms with Crippen LogP contribution in [-0.4, -0.2) is 16.1 Å². The molecule has 0 amide bonds. The van der Waals surface area contributed by atoms with Gasteiger partial charge in [-0.25, -0.2) is 4.98 Å². The van der Waals surface area contributed by atoms with Crippen LogP contribution in [0.15, 0.2) is 28.1 Å². The van der Waals surface area contributed by atoms with Crippen molar-refractivity contribution < 1.29 is 9.90 Å². The maximum atomic E-state index is 11.2. The molecule has 0 saturated carbocycles. The van der Waals surface area contributed by atoms with Crippen LogP contribution in [0.4, 0.5) is 10.8 Å². The van der Waals surface area contributed by atoms with E-state index in [0.717, 1.165) is 10.2 Å². The third-order valence-corrected chi connectivity index (χ3v) is 4.43. The van der Waals surface area contributed by atoms with Gasteiger partial charge in [0, 0.05) is 9.85 Å². The van der Waals surface area contributed by atoms with Crippen LogP contribution in [0, 0.1) is 0 Å². The highest BCUT2D eigenvalue weighted by Gasteiger charge is 2.32. The van der Waals surface area contributed by atoms with Crippen LogP contribution >= 0.6 is 38.9 Å². The Morgan fingerprint density at radius 1 is 1.50 bits per heavy atom. The number of aromatic nitrogens is 1. The highest BCUT2D eigenvalue weighted by molar-refractivity contribution is 9.10. The number of carboxylic acids is 1. The number of hydrogen-bond acceptors (Lipinski definition) is 4. The SMILES string of the molecule is CC(C)(C(=O)O)c1csc(Nc2cc(Br)ccc2Cl)n1. The van der Waals surface area contributed by atoms with Crippen molar-refractivity contribution >= 4 is 55.7 Å². The second kappa shape index (κ2) is 5.71. The van der Waals surface area contributed by atoms with Crippen molar-refractivity contribution in [2.75, 3.05) is 5.32 Å². The van der Waals surface area contributed by atoms with E-state index in [2.05, 4.69) is 26.2 Å². The minimum absolute atomic E-state index is 0.517. The summed E-state index contributed by atoms with van der Waals surface area (Å²) >= 11 is 10.8. The fourth-order valence-corrected chi connectivity index (χ4v) is 2.85. The zero-order valence-electron chi connectivity index (χ0n) is 10.8. The van der Waals surface area contributed by atoms with Crippen molar-refractivity contribution in [2.45, 2.75) is 19.3 Å². The topological polar surface area (TPSA) is 62.2 Å². The number of halogens is 2. The second-order valence-electron chi connectivity index (χ2n) is 4.72. The number of carboxylic acid groups (broad SMARTS) is 1. The molecule has 0 aliphatic carbocycles. The molecule has 106 valence electrons. The Kier molecular flexibility index (Phi) is 4.36. The van der Waals surface area contributed by atoms with E-state index in [4.69, 9.17) is 11.6 Å². The first-order valence-corrected chi connectivity index (χ1v) is 7.77. The molecule has 4 nitrogen and oxygen atoms in total. The molecule has 2 rings (SSSR count). The van der Waals surface area contributed by atoms with E-state index in [1.54, 1.807) is 25.3 Å². The summed E-state index contributed by atoms with van der Waals surface area (Å²) in [5.41, 5.74) is 0.219. The molecule has 1 heterocycles. The molecule has 0 bridgehead atoms. The summed E-state index contributed by atoms with van der Waals surface area (Å²) in [7, 11) is 0. The van der Waals surface area contributed by atoms with E-state index in [1.807, 2.05) is 12.1 Å². The second-order valence-corrected chi connectivity index (χ2v) is 6.90. The Morgan fingerprint density at radius 3 is 2.85 bits per heavy atom. The molecular weight excluding hydrogens is 364 g/mol. The van der Waals surface area contributed by atoms with Gasteiger partial charge in [-0.2, -0.15) is 0 Å². The van der Waals surface area contributed by atoms with Gasteiger partial charge in [0.2, 0.25) is 0 Å². The number of aliphatic carboxylic acids is 1. The number of anilines is 2. The van der Waals surface area contributed by atoms with Gasteiger partial charge in [-0.1, -0.05) is 27.5 Å². The van der Waals surface area contributed by atoms with Crippen LogP contribution in [-0.2, 0) is 10.2 Å². The van der Waals surface area contributed by atoms with Crippen molar-refractivity contribution in [1.82, 2.24) is 4.98 Å². The van der Waals surface area contributed by atoms with E-state index in [-0.39, 0.29) is 0 Å². The molecule has 1 aromatic heterocycles. The normalized spacial score (nSPS) is 11.4. The number of rotatable bonds is 4. The molecule has 0 radical (unpaired) electrons. The molecule has 2 N–H and O–H groups in total. The van der Waals surface area contributed by atoms with Gasteiger partial charge in [0.05, 0.1) is 16.4 Å². The standard InChI is InChI=1S/C13H12BrClN2O2S/c1-13(2,11(18)19)10-6-20-12(17-10)16-9-5-7(14)3-4-8(9)15/h3-6H,1-2H3,(H,16,17)(H,18,19). The van der Waals surface area contributed by atoms with E-state index >= 15 is 0 Å². The fourth-order valence-electron chi connectivity index (χ4n) is 1.44. The number of benzene rings is 1. The first-order chi connectivity index (χ1) is 9.30. The third kappa shape index (κ3) is 3.13. The van der Waals surface area contributed by atoms with Gasteiger partial charge in [-0.3, -0.25) is 4.79 Å². The van der Waals surface area contributed by atoms with Crippen LogP contribution in [0.2, 0.25) is 5.02 Å². The van der Waals surface area contributed by atoms with Gasteiger partial charge < -0.3 is 10.4 Å². The first kappa shape index (κ1) is 15.3. The average Bonchev–Trinajstić information content (AvgIpc) is 2.83. The minimum Gasteiger partial charge on any atom is -0.481 e. The predicted molar refractivity (Wildman–Crippen MR) is 85.2 cm³/mol. The van der Waals surface area contributed by atoms with Crippen molar-refractivity contribution in [3.8, 4) is 0 Å². The van der Waals surface area contributed by atoms with Crippen LogP contribution in [0.5, 0.6) is 0 Å². The lowest BCUT2D eigenvalue weighted by molar-refractivity contribution is -0.142. The molecular formula is C13H12BrClN2O2S. The van der Waals surface area contributed by atoms with Gasteiger partial charge in [-0.05, 0) is 32.0 Å². The molecule has 20 heavy (non-hydrogen) atoms. The molecule has 0 aliphatic heterocycles. The lowest BCUT2D eigenvalue weighted by Gasteiger charge is -2.15. The maximum absolute atomic E-state index is 11.2. The van der Waals surface area contributed by atoms with E-state index in [1.165, 1.54) is 11.3 Å². The Balaban J connectivity index is 2.26.